The molecule has 20 heavy (non-hydrogen) atoms. The lowest BCUT2D eigenvalue weighted by Gasteiger charge is -2.21. The van der Waals surface area contributed by atoms with Gasteiger partial charge in [-0.05, 0) is 24.6 Å². The summed E-state index contributed by atoms with van der Waals surface area (Å²) < 4.78 is 0. The van der Waals surface area contributed by atoms with Gasteiger partial charge in [0.05, 0.1) is 10.0 Å². The van der Waals surface area contributed by atoms with Crippen molar-refractivity contribution in [3.63, 3.8) is 0 Å². The van der Waals surface area contributed by atoms with Crippen LogP contribution in [0, 0.1) is 0 Å². The van der Waals surface area contributed by atoms with Gasteiger partial charge in [-0.15, -0.1) is 0 Å². The summed E-state index contributed by atoms with van der Waals surface area (Å²) in [6.45, 7) is 4.00. The Morgan fingerprint density at radius 2 is 1.65 bits per heavy atom. The van der Waals surface area contributed by atoms with Crippen molar-refractivity contribution >= 4 is 35.0 Å². The Kier molecular flexibility index (Phi) is 4.89. The van der Waals surface area contributed by atoms with Gasteiger partial charge in [0.15, 0.2) is 0 Å². The first-order valence-corrected chi connectivity index (χ1v) is 7.24. The van der Waals surface area contributed by atoms with Crippen molar-refractivity contribution in [2.45, 2.75) is 13.3 Å². The van der Waals surface area contributed by atoms with Crippen molar-refractivity contribution < 1.29 is 9.59 Å². The average molecular weight is 315 g/mol. The summed E-state index contributed by atoms with van der Waals surface area (Å²) in [7, 11) is 0. The lowest BCUT2D eigenvalue weighted by molar-refractivity contribution is -0.128. The van der Waals surface area contributed by atoms with Crippen molar-refractivity contribution in [1.82, 2.24) is 9.80 Å². The van der Waals surface area contributed by atoms with E-state index in [4.69, 9.17) is 23.2 Å². The lowest BCUT2D eigenvalue weighted by Crippen LogP contribution is -2.36. The minimum Gasteiger partial charge on any atom is -0.341 e. The fraction of sp³-hybridized carbons (Fsp3) is 0.429. The van der Waals surface area contributed by atoms with E-state index in [0.29, 0.717) is 41.8 Å². The van der Waals surface area contributed by atoms with Gasteiger partial charge in [0.1, 0.15) is 0 Å². The molecule has 0 aromatic heterocycles. The number of halogens is 2. The Morgan fingerprint density at radius 1 is 1.00 bits per heavy atom. The van der Waals surface area contributed by atoms with Crippen LogP contribution in [0.2, 0.25) is 10.0 Å². The molecular formula is C14H16Cl2N2O2. The predicted molar refractivity (Wildman–Crippen MR) is 79.2 cm³/mol. The van der Waals surface area contributed by atoms with Crippen LogP contribution in [0.1, 0.15) is 23.7 Å². The summed E-state index contributed by atoms with van der Waals surface area (Å²) in [4.78, 5) is 27.3. The number of hydrogen-bond donors (Lipinski definition) is 0. The van der Waals surface area contributed by atoms with Gasteiger partial charge in [0.25, 0.3) is 5.91 Å². The van der Waals surface area contributed by atoms with Crippen LogP contribution in [0.15, 0.2) is 18.2 Å². The van der Waals surface area contributed by atoms with E-state index in [0.717, 1.165) is 6.42 Å². The van der Waals surface area contributed by atoms with Gasteiger partial charge in [0.2, 0.25) is 5.91 Å². The monoisotopic (exact) mass is 314 g/mol. The third kappa shape index (κ3) is 3.44. The molecule has 108 valence electrons. The number of nitrogens with zero attached hydrogens (tertiary/aromatic N) is 2. The molecule has 1 fully saturated rings. The van der Waals surface area contributed by atoms with Crippen LogP contribution in [0.4, 0.5) is 0 Å². The quantitative estimate of drug-likeness (QED) is 0.799. The summed E-state index contributed by atoms with van der Waals surface area (Å²) >= 11 is 11.8. The molecule has 0 bridgehead atoms. The maximum absolute atomic E-state index is 12.4. The molecule has 1 heterocycles. The van der Waals surface area contributed by atoms with Crippen LogP contribution in [0.3, 0.4) is 0 Å². The normalized spacial score (nSPS) is 15.9. The standard InChI is InChI=1S/C14H16Cl2N2O2/c1-10(19)17-5-2-6-18(8-7-17)14(20)11-3-4-12(15)13(16)9-11/h3-4,9H,2,5-8H2,1H3. The Hall–Kier alpha value is -1.26. The highest BCUT2D eigenvalue weighted by Crippen LogP contribution is 2.23. The minimum atomic E-state index is -0.0750. The Balaban J connectivity index is 2.09. The molecule has 2 amide bonds. The van der Waals surface area contributed by atoms with Gasteiger partial charge in [-0.2, -0.15) is 0 Å². The Morgan fingerprint density at radius 3 is 2.30 bits per heavy atom. The van der Waals surface area contributed by atoms with Crippen molar-refractivity contribution in [3.8, 4) is 0 Å². The third-order valence-corrected chi connectivity index (χ3v) is 4.13. The van der Waals surface area contributed by atoms with E-state index in [9.17, 15) is 9.59 Å². The number of hydrogen-bond acceptors (Lipinski definition) is 2. The molecule has 0 radical (unpaired) electrons. The fourth-order valence-corrected chi connectivity index (χ4v) is 2.55. The zero-order chi connectivity index (χ0) is 14.7. The van der Waals surface area contributed by atoms with E-state index in [1.165, 1.54) is 0 Å². The third-order valence-electron chi connectivity index (χ3n) is 3.39. The maximum atomic E-state index is 12.4. The van der Waals surface area contributed by atoms with Gasteiger partial charge >= 0.3 is 0 Å². The molecule has 0 atom stereocenters. The summed E-state index contributed by atoms with van der Waals surface area (Å²) in [5, 5.41) is 0.805. The molecule has 0 N–H and O–H groups in total. The second kappa shape index (κ2) is 6.46. The molecule has 6 heteroatoms. The van der Waals surface area contributed by atoms with Gasteiger partial charge in [-0.3, -0.25) is 9.59 Å². The number of amides is 2. The van der Waals surface area contributed by atoms with E-state index in [-0.39, 0.29) is 11.8 Å². The molecule has 0 unspecified atom stereocenters. The number of carbonyl (C=O) groups is 2. The van der Waals surface area contributed by atoms with Gasteiger partial charge in [-0.25, -0.2) is 0 Å². The molecule has 1 aliphatic heterocycles. The van der Waals surface area contributed by atoms with Crippen LogP contribution < -0.4 is 0 Å². The minimum absolute atomic E-state index is 0.0498. The highest BCUT2D eigenvalue weighted by molar-refractivity contribution is 6.42. The summed E-state index contributed by atoms with van der Waals surface area (Å²) in [5.74, 6) is -0.0252. The average Bonchev–Trinajstić information content (AvgIpc) is 2.67. The van der Waals surface area contributed by atoms with E-state index < -0.39 is 0 Å². The fourth-order valence-electron chi connectivity index (χ4n) is 2.25. The van der Waals surface area contributed by atoms with Crippen LogP contribution in [-0.2, 0) is 4.79 Å². The smallest absolute Gasteiger partial charge is 0.253 e. The molecule has 0 saturated carbocycles. The first kappa shape index (κ1) is 15.1. The SMILES string of the molecule is CC(=O)N1CCCN(C(=O)c2ccc(Cl)c(Cl)c2)CC1. The summed E-state index contributed by atoms with van der Waals surface area (Å²) in [5.41, 5.74) is 0.524. The Bertz CT molecular complexity index is 534. The Labute approximate surface area is 128 Å². The molecule has 0 spiro atoms. The second-order valence-electron chi connectivity index (χ2n) is 4.78. The van der Waals surface area contributed by atoms with Crippen LogP contribution in [0.5, 0.6) is 0 Å². The van der Waals surface area contributed by atoms with Crippen LogP contribution >= 0.6 is 23.2 Å². The second-order valence-corrected chi connectivity index (χ2v) is 5.60. The predicted octanol–water partition coefficient (Wildman–Crippen LogP) is 2.69. The molecular weight excluding hydrogens is 299 g/mol. The molecule has 2 rings (SSSR count). The van der Waals surface area contributed by atoms with Crippen molar-refractivity contribution in [2.24, 2.45) is 0 Å². The van der Waals surface area contributed by atoms with Crippen molar-refractivity contribution in [2.75, 3.05) is 26.2 Å². The molecule has 1 saturated heterocycles. The highest BCUT2D eigenvalue weighted by atomic mass is 35.5. The van der Waals surface area contributed by atoms with Crippen molar-refractivity contribution in [3.05, 3.63) is 33.8 Å². The van der Waals surface area contributed by atoms with E-state index in [1.54, 1.807) is 34.9 Å². The van der Waals surface area contributed by atoms with Crippen molar-refractivity contribution in [1.29, 1.82) is 0 Å². The number of carbonyl (C=O) groups excluding carboxylic acids is 2. The highest BCUT2D eigenvalue weighted by Gasteiger charge is 2.21. The first-order chi connectivity index (χ1) is 9.49. The van der Waals surface area contributed by atoms with E-state index in [2.05, 4.69) is 0 Å². The first-order valence-electron chi connectivity index (χ1n) is 6.49. The van der Waals surface area contributed by atoms with Gasteiger partial charge in [-0.1, -0.05) is 23.2 Å². The molecule has 1 aromatic carbocycles. The molecule has 4 nitrogen and oxygen atoms in total. The summed E-state index contributed by atoms with van der Waals surface area (Å²) in [6, 6.07) is 4.88. The topological polar surface area (TPSA) is 40.6 Å². The molecule has 1 aromatic rings. The number of benzene rings is 1. The number of rotatable bonds is 1. The summed E-state index contributed by atoms with van der Waals surface area (Å²) in [6.07, 6.45) is 0.784. The van der Waals surface area contributed by atoms with Gasteiger partial charge in [0, 0.05) is 38.7 Å². The zero-order valence-corrected chi connectivity index (χ0v) is 12.7. The lowest BCUT2D eigenvalue weighted by atomic mass is 10.2. The maximum Gasteiger partial charge on any atom is 0.253 e. The zero-order valence-electron chi connectivity index (χ0n) is 11.2. The van der Waals surface area contributed by atoms with E-state index in [1.807, 2.05) is 0 Å². The molecule has 0 aliphatic carbocycles. The van der Waals surface area contributed by atoms with Crippen LogP contribution in [0.25, 0.3) is 0 Å². The van der Waals surface area contributed by atoms with E-state index >= 15 is 0 Å². The van der Waals surface area contributed by atoms with Crippen LogP contribution in [-0.4, -0.2) is 47.8 Å². The molecule has 1 aliphatic rings. The van der Waals surface area contributed by atoms with Gasteiger partial charge < -0.3 is 9.80 Å². The largest absolute Gasteiger partial charge is 0.341 e.